The molecule has 7 heteroatoms. The lowest BCUT2D eigenvalue weighted by atomic mass is 10.1. The second-order valence-electron chi connectivity index (χ2n) is 3.94. The summed E-state index contributed by atoms with van der Waals surface area (Å²) < 4.78 is 4.73. The zero-order valence-corrected chi connectivity index (χ0v) is 10.2. The van der Waals surface area contributed by atoms with Crippen LogP contribution in [-0.4, -0.2) is 46.9 Å². The van der Waals surface area contributed by atoms with E-state index in [0.29, 0.717) is 5.56 Å². The summed E-state index contributed by atoms with van der Waals surface area (Å²) in [4.78, 5) is 22.6. The summed E-state index contributed by atoms with van der Waals surface area (Å²) in [5.74, 6) is -1.48. The molecule has 2 aromatic rings. The lowest BCUT2D eigenvalue weighted by molar-refractivity contribution is -0.148. The number of carboxylic acid groups (broad SMARTS) is 1. The third kappa shape index (κ3) is 2.89. The quantitative estimate of drug-likeness (QED) is 0.724. The van der Waals surface area contributed by atoms with Crippen LogP contribution >= 0.6 is 0 Å². The SMILES string of the molecule is COC(CNC(=O)c1ccc2cn[nH]c2c1)C(=O)O. The van der Waals surface area contributed by atoms with E-state index < -0.39 is 12.1 Å². The van der Waals surface area contributed by atoms with Crippen LogP contribution in [0.3, 0.4) is 0 Å². The predicted octanol–water partition coefficient (Wildman–Crippen LogP) is 0.392. The number of hydrogen-bond acceptors (Lipinski definition) is 4. The first-order valence-corrected chi connectivity index (χ1v) is 5.58. The first-order valence-electron chi connectivity index (χ1n) is 5.58. The predicted molar refractivity (Wildman–Crippen MR) is 66.9 cm³/mol. The number of nitrogens with zero attached hydrogens (tertiary/aromatic N) is 1. The highest BCUT2D eigenvalue weighted by Gasteiger charge is 2.17. The summed E-state index contributed by atoms with van der Waals surface area (Å²) in [6.07, 6.45) is 0.599. The summed E-state index contributed by atoms with van der Waals surface area (Å²) in [6.45, 7) is -0.0916. The van der Waals surface area contributed by atoms with E-state index in [0.717, 1.165) is 10.9 Å². The second-order valence-corrected chi connectivity index (χ2v) is 3.94. The van der Waals surface area contributed by atoms with Gasteiger partial charge in [-0.05, 0) is 12.1 Å². The molecule has 7 nitrogen and oxygen atoms in total. The molecule has 0 aliphatic heterocycles. The minimum atomic E-state index is -1.12. The van der Waals surface area contributed by atoms with Crippen molar-refractivity contribution in [2.45, 2.75) is 6.10 Å². The molecule has 1 atom stereocenters. The number of carbonyl (C=O) groups excluding carboxylic acids is 1. The molecule has 1 unspecified atom stereocenters. The number of carboxylic acids is 1. The molecule has 19 heavy (non-hydrogen) atoms. The molecule has 1 heterocycles. The fraction of sp³-hybridized carbons (Fsp3) is 0.250. The molecule has 0 bridgehead atoms. The number of aromatic nitrogens is 2. The number of hydrogen-bond donors (Lipinski definition) is 3. The van der Waals surface area contributed by atoms with Crippen LogP contribution in [0.5, 0.6) is 0 Å². The number of rotatable bonds is 5. The zero-order valence-electron chi connectivity index (χ0n) is 10.2. The summed E-state index contributed by atoms with van der Waals surface area (Å²) >= 11 is 0. The van der Waals surface area contributed by atoms with Gasteiger partial charge in [0.25, 0.3) is 5.91 Å². The highest BCUT2D eigenvalue weighted by molar-refractivity contribution is 5.97. The van der Waals surface area contributed by atoms with Gasteiger partial charge in [0.2, 0.25) is 0 Å². The molecule has 1 aromatic carbocycles. The molecule has 3 N–H and O–H groups in total. The van der Waals surface area contributed by atoms with Gasteiger partial charge in [0.1, 0.15) is 0 Å². The van der Waals surface area contributed by atoms with Gasteiger partial charge in [-0.3, -0.25) is 9.89 Å². The van der Waals surface area contributed by atoms with Gasteiger partial charge in [-0.1, -0.05) is 6.07 Å². The first-order chi connectivity index (χ1) is 9.11. The van der Waals surface area contributed by atoms with Crippen LogP contribution in [0.2, 0.25) is 0 Å². The van der Waals surface area contributed by atoms with E-state index in [1.807, 2.05) is 0 Å². The molecule has 0 fully saturated rings. The number of ether oxygens (including phenoxy) is 1. The lowest BCUT2D eigenvalue weighted by Crippen LogP contribution is -2.37. The maximum atomic E-state index is 11.9. The average Bonchev–Trinajstić information content (AvgIpc) is 2.85. The smallest absolute Gasteiger partial charge is 0.334 e. The van der Waals surface area contributed by atoms with E-state index in [9.17, 15) is 9.59 Å². The van der Waals surface area contributed by atoms with Gasteiger partial charge in [0.05, 0.1) is 18.3 Å². The van der Waals surface area contributed by atoms with Crippen LogP contribution in [0.25, 0.3) is 10.9 Å². The Hall–Kier alpha value is -2.41. The number of methoxy groups -OCH3 is 1. The Morgan fingerprint density at radius 3 is 3.00 bits per heavy atom. The maximum Gasteiger partial charge on any atom is 0.334 e. The number of aliphatic carboxylic acids is 1. The van der Waals surface area contributed by atoms with E-state index in [-0.39, 0.29) is 12.5 Å². The minimum Gasteiger partial charge on any atom is -0.479 e. The van der Waals surface area contributed by atoms with E-state index in [4.69, 9.17) is 9.84 Å². The molecule has 100 valence electrons. The van der Waals surface area contributed by atoms with Gasteiger partial charge >= 0.3 is 5.97 Å². The van der Waals surface area contributed by atoms with Crippen LogP contribution in [0.4, 0.5) is 0 Å². The Kier molecular flexibility index (Phi) is 3.76. The molecule has 2 rings (SSSR count). The molecule has 1 amide bonds. The first kappa shape index (κ1) is 13.0. The molecule has 0 radical (unpaired) electrons. The summed E-state index contributed by atoms with van der Waals surface area (Å²) in [5.41, 5.74) is 1.17. The van der Waals surface area contributed by atoms with E-state index in [1.54, 1.807) is 24.4 Å². The second kappa shape index (κ2) is 5.49. The van der Waals surface area contributed by atoms with Crippen LogP contribution in [-0.2, 0) is 9.53 Å². The van der Waals surface area contributed by atoms with Gasteiger partial charge in [0, 0.05) is 18.1 Å². The largest absolute Gasteiger partial charge is 0.479 e. The Bertz CT molecular complexity index is 608. The molecule has 0 saturated heterocycles. The highest BCUT2D eigenvalue weighted by atomic mass is 16.5. The summed E-state index contributed by atoms with van der Waals surface area (Å²) in [7, 11) is 1.28. The van der Waals surface area contributed by atoms with Crippen LogP contribution in [0.15, 0.2) is 24.4 Å². The topological polar surface area (TPSA) is 104 Å². The fourth-order valence-electron chi connectivity index (χ4n) is 1.64. The summed E-state index contributed by atoms with van der Waals surface area (Å²) in [6, 6.07) is 5.06. The average molecular weight is 263 g/mol. The number of H-pyrrole nitrogens is 1. The third-order valence-corrected chi connectivity index (χ3v) is 2.71. The molecule has 0 aliphatic rings. The van der Waals surface area contributed by atoms with Crippen molar-refractivity contribution < 1.29 is 19.4 Å². The van der Waals surface area contributed by atoms with E-state index in [2.05, 4.69) is 15.5 Å². The van der Waals surface area contributed by atoms with Crippen molar-refractivity contribution >= 4 is 22.8 Å². The van der Waals surface area contributed by atoms with Crippen LogP contribution in [0.1, 0.15) is 10.4 Å². The standard InChI is InChI=1S/C12H13N3O4/c1-19-10(12(17)18)6-13-11(16)7-2-3-8-5-14-15-9(8)4-7/h2-5,10H,6H2,1H3,(H,13,16)(H,14,15)(H,17,18). The molecule has 0 aliphatic carbocycles. The number of carbonyl (C=O) groups is 2. The number of benzene rings is 1. The van der Waals surface area contributed by atoms with Gasteiger partial charge in [0.15, 0.2) is 6.10 Å². The monoisotopic (exact) mass is 263 g/mol. The summed E-state index contributed by atoms with van der Waals surface area (Å²) in [5, 5.41) is 18.8. The van der Waals surface area contributed by atoms with E-state index in [1.165, 1.54) is 7.11 Å². The van der Waals surface area contributed by atoms with Crippen molar-refractivity contribution in [1.29, 1.82) is 0 Å². The molecule has 1 aromatic heterocycles. The van der Waals surface area contributed by atoms with Crippen molar-refractivity contribution in [3.8, 4) is 0 Å². The Labute approximate surface area is 108 Å². The Balaban J connectivity index is 2.05. The van der Waals surface area contributed by atoms with Gasteiger partial charge in [-0.25, -0.2) is 4.79 Å². The number of amides is 1. The zero-order chi connectivity index (χ0) is 13.8. The Morgan fingerprint density at radius 1 is 1.53 bits per heavy atom. The molecular weight excluding hydrogens is 250 g/mol. The highest BCUT2D eigenvalue weighted by Crippen LogP contribution is 2.12. The number of fused-ring (bicyclic) bond motifs is 1. The van der Waals surface area contributed by atoms with Gasteiger partial charge in [-0.15, -0.1) is 0 Å². The maximum absolute atomic E-state index is 11.9. The van der Waals surface area contributed by atoms with Crippen molar-refractivity contribution in [1.82, 2.24) is 15.5 Å². The third-order valence-electron chi connectivity index (χ3n) is 2.71. The van der Waals surface area contributed by atoms with Gasteiger partial charge in [-0.2, -0.15) is 5.10 Å². The van der Waals surface area contributed by atoms with Gasteiger partial charge < -0.3 is 15.2 Å². The molecule has 0 saturated carbocycles. The van der Waals surface area contributed by atoms with Crippen molar-refractivity contribution in [3.63, 3.8) is 0 Å². The van der Waals surface area contributed by atoms with Crippen LogP contribution in [0, 0.1) is 0 Å². The number of nitrogens with one attached hydrogen (secondary N) is 2. The van der Waals surface area contributed by atoms with Crippen molar-refractivity contribution in [2.24, 2.45) is 0 Å². The molecule has 0 spiro atoms. The normalized spacial score (nSPS) is 12.3. The van der Waals surface area contributed by atoms with Crippen molar-refractivity contribution in [2.75, 3.05) is 13.7 Å². The van der Waals surface area contributed by atoms with Crippen LogP contribution < -0.4 is 5.32 Å². The van der Waals surface area contributed by atoms with Crippen molar-refractivity contribution in [3.05, 3.63) is 30.0 Å². The fourth-order valence-corrected chi connectivity index (χ4v) is 1.64. The lowest BCUT2D eigenvalue weighted by Gasteiger charge is -2.11. The van der Waals surface area contributed by atoms with E-state index >= 15 is 0 Å². The number of aromatic amines is 1. The minimum absolute atomic E-state index is 0.0916. The Morgan fingerprint density at radius 2 is 2.32 bits per heavy atom. The molecular formula is C12H13N3O4.